The van der Waals surface area contributed by atoms with E-state index in [4.69, 9.17) is 4.74 Å². The first-order valence-electron chi connectivity index (χ1n) is 7.30. The number of fused-ring (bicyclic) bond motifs is 1. The summed E-state index contributed by atoms with van der Waals surface area (Å²) in [6.07, 6.45) is 1.61. The van der Waals surface area contributed by atoms with Crippen molar-refractivity contribution in [1.29, 1.82) is 0 Å². The van der Waals surface area contributed by atoms with Gasteiger partial charge in [0.25, 0.3) is 0 Å². The highest BCUT2D eigenvalue weighted by Gasteiger charge is 2.35. The van der Waals surface area contributed by atoms with Gasteiger partial charge in [-0.25, -0.2) is 4.79 Å². The van der Waals surface area contributed by atoms with Crippen LogP contribution in [0.15, 0.2) is 36.5 Å². The highest BCUT2D eigenvalue weighted by molar-refractivity contribution is 5.85. The highest BCUT2D eigenvalue weighted by atomic mass is 16.5. The molecule has 3 rings (SSSR count). The number of carbonyl (C=O) groups excluding carboxylic acids is 1. The van der Waals surface area contributed by atoms with Gasteiger partial charge in [-0.3, -0.25) is 9.48 Å². The zero-order valence-electron chi connectivity index (χ0n) is 12.7. The number of hydrogen-bond donors (Lipinski definition) is 1. The molecule has 1 aliphatic rings. The predicted molar refractivity (Wildman–Crippen MR) is 81.0 cm³/mol. The van der Waals surface area contributed by atoms with E-state index in [1.165, 1.54) is 4.90 Å². The van der Waals surface area contributed by atoms with Crippen molar-refractivity contribution in [2.45, 2.75) is 19.5 Å². The minimum Gasteiger partial charge on any atom is -0.491 e. The number of aliphatic carboxylic acids is 1. The first kappa shape index (κ1) is 15.1. The molecule has 1 atom stereocenters. The van der Waals surface area contributed by atoms with Gasteiger partial charge >= 0.3 is 5.97 Å². The van der Waals surface area contributed by atoms with Crippen molar-refractivity contribution in [1.82, 2.24) is 14.7 Å². The Bertz CT molecular complexity index is 740. The summed E-state index contributed by atoms with van der Waals surface area (Å²) in [5.74, 6) is -0.872. The van der Waals surface area contributed by atoms with Crippen molar-refractivity contribution in [3.63, 3.8) is 0 Å². The van der Waals surface area contributed by atoms with Gasteiger partial charge in [0.1, 0.15) is 18.9 Å². The van der Waals surface area contributed by atoms with Crippen LogP contribution in [0.5, 0.6) is 5.75 Å². The van der Waals surface area contributed by atoms with Gasteiger partial charge in [-0.05, 0) is 19.1 Å². The van der Waals surface area contributed by atoms with Crippen molar-refractivity contribution >= 4 is 11.9 Å². The maximum atomic E-state index is 12.6. The van der Waals surface area contributed by atoms with Gasteiger partial charge in [-0.2, -0.15) is 5.10 Å². The molecule has 1 aromatic heterocycles. The quantitative estimate of drug-likeness (QED) is 0.921. The molecule has 2 heterocycles. The van der Waals surface area contributed by atoms with E-state index >= 15 is 0 Å². The van der Waals surface area contributed by atoms with E-state index in [2.05, 4.69) is 5.10 Å². The van der Waals surface area contributed by atoms with Crippen molar-refractivity contribution in [3.05, 3.63) is 47.8 Å². The molecular weight excluding hydrogens is 298 g/mol. The second-order valence-electron chi connectivity index (χ2n) is 5.34. The highest BCUT2D eigenvalue weighted by Crippen LogP contribution is 2.32. The SMILES string of the molecule is Cc1ccnn1CC(=O)N1CCOc2ccccc2C1C(=O)O. The Kier molecular flexibility index (Phi) is 4.01. The lowest BCUT2D eigenvalue weighted by Gasteiger charge is -2.27. The number of para-hydroxylation sites is 1. The molecule has 0 saturated heterocycles. The standard InChI is InChI=1S/C16H17N3O4/c1-11-6-7-17-19(11)10-14(20)18-8-9-23-13-5-3-2-4-12(13)15(18)16(21)22/h2-7,15H,8-10H2,1H3,(H,21,22). The Morgan fingerprint density at radius 2 is 2.13 bits per heavy atom. The number of carbonyl (C=O) groups is 2. The Hall–Kier alpha value is -2.83. The third kappa shape index (κ3) is 2.90. The number of rotatable bonds is 3. The molecule has 0 bridgehead atoms. The molecule has 1 unspecified atom stereocenters. The lowest BCUT2D eigenvalue weighted by atomic mass is 10.0. The van der Waals surface area contributed by atoms with E-state index < -0.39 is 12.0 Å². The molecule has 1 aliphatic heterocycles. The Balaban J connectivity index is 1.92. The summed E-state index contributed by atoms with van der Waals surface area (Å²) in [5, 5.41) is 13.7. The summed E-state index contributed by atoms with van der Waals surface area (Å²) in [6.45, 7) is 2.32. The Morgan fingerprint density at radius 1 is 1.35 bits per heavy atom. The number of benzene rings is 1. The van der Waals surface area contributed by atoms with Gasteiger partial charge < -0.3 is 14.7 Å². The molecule has 0 spiro atoms. The van der Waals surface area contributed by atoms with Crippen LogP contribution in [-0.4, -0.2) is 44.8 Å². The molecule has 120 valence electrons. The topological polar surface area (TPSA) is 84.7 Å². The van der Waals surface area contributed by atoms with Crippen LogP contribution < -0.4 is 4.74 Å². The third-order valence-electron chi connectivity index (χ3n) is 3.88. The van der Waals surface area contributed by atoms with Gasteiger partial charge in [0.15, 0.2) is 6.04 Å². The second kappa shape index (κ2) is 6.12. The van der Waals surface area contributed by atoms with Gasteiger partial charge in [-0.15, -0.1) is 0 Å². The number of ether oxygens (including phenoxy) is 1. The molecule has 1 amide bonds. The summed E-state index contributed by atoms with van der Waals surface area (Å²) in [4.78, 5) is 25.8. The number of nitrogens with zero attached hydrogens (tertiary/aromatic N) is 3. The zero-order valence-corrected chi connectivity index (χ0v) is 12.7. The van der Waals surface area contributed by atoms with Gasteiger partial charge in [-0.1, -0.05) is 18.2 Å². The summed E-state index contributed by atoms with van der Waals surface area (Å²) >= 11 is 0. The average molecular weight is 315 g/mol. The number of hydrogen-bond acceptors (Lipinski definition) is 4. The van der Waals surface area contributed by atoms with E-state index in [0.717, 1.165) is 5.69 Å². The van der Waals surface area contributed by atoms with Crippen LogP contribution in [0.2, 0.25) is 0 Å². The van der Waals surface area contributed by atoms with Crippen LogP contribution in [0, 0.1) is 6.92 Å². The summed E-state index contributed by atoms with van der Waals surface area (Å²) in [5.41, 5.74) is 1.33. The predicted octanol–water partition coefficient (Wildman–Crippen LogP) is 1.24. The largest absolute Gasteiger partial charge is 0.491 e. The average Bonchev–Trinajstić information content (AvgIpc) is 2.82. The maximum absolute atomic E-state index is 12.6. The first-order chi connectivity index (χ1) is 11.1. The molecule has 1 N–H and O–H groups in total. The van der Waals surface area contributed by atoms with Crippen molar-refractivity contribution in [2.24, 2.45) is 0 Å². The minimum atomic E-state index is -1.08. The van der Waals surface area contributed by atoms with Crippen LogP contribution in [-0.2, 0) is 16.1 Å². The van der Waals surface area contributed by atoms with Gasteiger partial charge in [0.05, 0.1) is 6.54 Å². The van der Waals surface area contributed by atoms with Crippen LogP contribution >= 0.6 is 0 Å². The fraction of sp³-hybridized carbons (Fsp3) is 0.312. The second-order valence-corrected chi connectivity index (χ2v) is 5.34. The molecule has 23 heavy (non-hydrogen) atoms. The lowest BCUT2D eigenvalue weighted by Crippen LogP contribution is -2.41. The number of amides is 1. The molecule has 0 aliphatic carbocycles. The third-order valence-corrected chi connectivity index (χ3v) is 3.88. The number of carboxylic acid groups (broad SMARTS) is 1. The molecule has 0 radical (unpaired) electrons. The monoisotopic (exact) mass is 315 g/mol. The molecular formula is C16H17N3O4. The van der Waals surface area contributed by atoms with Crippen LogP contribution in [0.3, 0.4) is 0 Å². The normalized spacial score (nSPS) is 17.1. The van der Waals surface area contributed by atoms with E-state index in [9.17, 15) is 14.7 Å². The molecule has 0 fully saturated rings. The fourth-order valence-electron chi connectivity index (χ4n) is 2.71. The fourth-order valence-corrected chi connectivity index (χ4v) is 2.71. The maximum Gasteiger partial charge on any atom is 0.331 e. The van der Waals surface area contributed by atoms with Crippen molar-refractivity contribution in [2.75, 3.05) is 13.2 Å². The van der Waals surface area contributed by atoms with Gasteiger partial charge in [0.2, 0.25) is 5.91 Å². The Morgan fingerprint density at radius 3 is 2.83 bits per heavy atom. The van der Waals surface area contributed by atoms with Gasteiger partial charge in [0, 0.05) is 17.5 Å². The molecule has 7 nitrogen and oxygen atoms in total. The molecule has 1 aromatic carbocycles. The van der Waals surface area contributed by atoms with Crippen molar-refractivity contribution < 1.29 is 19.4 Å². The Labute approximate surface area is 133 Å². The molecule has 7 heteroatoms. The van der Waals surface area contributed by atoms with E-state index in [1.54, 1.807) is 41.2 Å². The number of aryl methyl sites for hydroxylation is 1. The van der Waals surface area contributed by atoms with E-state index in [1.807, 2.05) is 6.92 Å². The minimum absolute atomic E-state index is 0.00474. The van der Waals surface area contributed by atoms with E-state index in [0.29, 0.717) is 11.3 Å². The summed E-state index contributed by atoms with van der Waals surface area (Å²) < 4.78 is 7.14. The van der Waals surface area contributed by atoms with Crippen LogP contribution in [0.25, 0.3) is 0 Å². The van der Waals surface area contributed by atoms with Crippen LogP contribution in [0.1, 0.15) is 17.3 Å². The molecule has 2 aromatic rings. The zero-order chi connectivity index (χ0) is 16.4. The summed E-state index contributed by atoms with van der Waals surface area (Å²) in [7, 11) is 0. The van der Waals surface area contributed by atoms with Crippen LogP contribution in [0.4, 0.5) is 0 Å². The number of aromatic nitrogens is 2. The summed E-state index contributed by atoms with van der Waals surface area (Å²) in [6, 6.07) is 7.65. The molecule has 0 saturated carbocycles. The first-order valence-corrected chi connectivity index (χ1v) is 7.30. The van der Waals surface area contributed by atoms with Crippen molar-refractivity contribution in [3.8, 4) is 5.75 Å². The number of carboxylic acids is 1. The smallest absolute Gasteiger partial charge is 0.331 e. The van der Waals surface area contributed by atoms with E-state index in [-0.39, 0.29) is 25.6 Å². The lowest BCUT2D eigenvalue weighted by molar-refractivity contribution is -0.150.